The maximum atomic E-state index is 13.9. The normalized spacial score (nSPS) is 27.7. The lowest BCUT2D eigenvalue weighted by atomic mass is 9.48. The number of carbonyl (C=O) groups is 4. The molecule has 0 unspecified atom stereocenters. The van der Waals surface area contributed by atoms with E-state index in [1.807, 2.05) is 36.6 Å². The van der Waals surface area contributed by atoms with E-state index in [0.29, 0.717) is 16.8 Å². The van der Waals surface area contributed by atoms with Gasteiger partial charge in [-0.15, -0.1) is 11.3 Å². The summed E-state index contributed by atoms with van der Waals surface area (Å²) >= 11 is 1.61. The number of hydrogen-bond donors (Lipinski definition) is 1. The molecule has 8 nitrogen and oxygen atoms in total. The molecule has 0 radical (unpaired) electrons. The number of nitrogens with zero attached hydrogens (tertiary/aromatic N) is 2. The summed E-state index contributed by atoms with van der Waals surface area (Å²) in [6.45, 7) is 3.86. The van der Waals surface area contributed by atoms with Crippen LogP contribution >= 0.6 is 11.3 Å². The molecule has 1 aromatic carbocycles. The van der Waals surface area contributed by atoms with E-state index in [2.05, 4.69) is 17.4 Å². The molecular formula is C37H39N3O5S. The van der Waals surface area contributed by atoms with Gasteiger partial charge >= 0.3 is 12.0 Å². The van der Waals surface area contributed by atoms with Crippen molar-refractivity contribution in [3.05, 3.63) is 74.4 Å². The van der Waals surface area contributed by atoms with Crippen LogP contribution in [0.15, 0.2) is 35.9 Å². The molecule has 0 spiro atoms. The smallest absolute Gasteiger partial charge is 0.341 e. The first-order valence-corrected chi connectivity index (χ1v) is 17.4. The van der Waals surface area contributed by atoms with Crippen LogP contribution in [0.1, 0.15) is 94.7 Å². The Labute approximate surface area is 272 Å². The van der Waals surface area contributed by atoms with Crippen molar-refractivity contribution in [3.8, 4) is 5.00 Å². The Morgan fingerprint density at radius 2 is 1.63 bits per heavy atom. The number of imide groups is 2. The molecule has 5 aliphatic carbocycles. The average molecular weight is 638 g/mol. The molecule has 9 rings (SSSR count). The van der Waals surface area contributed by atoms with Gasteiger partial charge in [0.25, 0.3) is 11.8 Å². The number of hydrogen-bond acceptors (Lipinski definition) is 6. The number of thiophene rings is 1. The van der Waals surface area contributed by atoms with Gasteiger partial charge in [-0.05, 0) is 142 Å². The number of nitrogens with one attached hydrogen (secondary N) is 1. The molecule has 1 N–H and O–H groups in total. The number of amides is 4. The van der Waals surface area contributed by atoms with E-state index >= 15 is 0 Å². The molecule has 4 saturated carbocycles. The molecule has 3 heterocycles. The van der Waals surface area contributed by atoms with Crippen LogP contribution in [-0.2, 0) is 32.6 Å². The lowest BCUT2D eigenvalue weighted by Crippen LogP contribution is -2.54. The van der Waals surface area contributed by atoms with Gasteiger partial charge in [0, 0.05) is 16.3 Å². The molecule has 1 aliphatic heterocycles. The predicted molar refractivity (Wildman–Crippen MR) is 176 cm³/mol. The van der Waals surface area contributed by atoms with Crippen molar-refractivity contribution in [1.82, 2.24) is 9.88 Å². The maximum absolute atomic E-state index is 13.9. The summed E-state index contributed by atoms with van der Waals surface area (Å²) in [5.41, 5.74) is 5.85. The highest BCUT2D eigenvalue weighted by Crippen LogP contribution is 2.60. The Hall–Kier alpha value is -3.98. The van der Waals surface area contributed by atoms with Crippen molar-refractivity contribution >= 4 is 46.9 Å². The third-order valence-corrected chi connectivity index (χ3v) is 12.7. The minimum absolute atomic E-state index is 0.108. The number of esters is 1. The van der Waals surface area contributed by atoms with Gasteiger partial charge in [0.15, 0.2) is 0 Å². The van der Waals surface area contributed by atoms with Gasteiger partial charge in [0.05, 0.1) is 18.4 Å². The minimum Gasteiger partial charge on any atom is -0.465 e. The van der Waals surface area contributed by atoms with Crippen molar-refractivity contribution < 1.29 is 23.9 Å². The number of methoxy groups -OCH3 is 1. The quantitative estimate of drug-likeness (QED) is 0.185. The van der Waals surface area contributed by atoms with Gasteiger partial charge in [0.1, 0.15) is 10.6 Å². The van der Waals surface area contributed by atoms with Crippen LogP contribution in [0, 0.1) is 31.6 Å². The molecule has 6 aliphatic rings. The Morgan fingerprint density at radius 3 is 2.28 bits per heavy atom. The molecule has 46 heavy (non-hydrogen) atoms. The van der Waals surface area contributed by atoms with Crippen LogP contribution in [0.2, 0.25) is 0 Å². The maximum Gasteiger partial charge on any atom is 0.341 e. The van der Waals surface area contributed by atoms with E-state index in [1.54, 1.807) is 17.4 Å². The number of ether oxygens (including phenoxy) is 1. The van der Waals surface area contributed by atoms with Gasteiger partial charge in [0.2, 0.25) is 0 Å². The zero-order valence-electron chi connectivity index (χ0n) is 26.6. The number of rotatable bonds is 5. The zero-order valence-corrected chi connectivity index (χ0v) is 27.4. The van der Waals surface area contributed by atoms with Crippen LogP contribution in [0.25, 0.3) is 11.1 Å². The van der Waals surface area contributed by atoms with Gasteiger partial charge in [-0.2, -0.15) is 0 Å². The fraction of sp³-hybridized carbons (Fsp3) is 0.459. The van der Waals surface area contributed by atoms with Gasteiger partial charge < -0.3 is 9.30 Å². The minimum atomic E-state index is -0.743. The topological polar surface area (TPSA) is 97.7 Å². The standard InChI is InChI=1S/C37H39N3O5S/c1-20-12-25(21(2)39(20)34-31(35(43)45-3)28-6-4-5-7-30(28)46-34)16-29-32(41)38-36(44)40(33(29)42)27-10-8-26(9-11-27)37-17-22-13-23(18-37)15-24(14-22)19-37/h8-12,16,22-24H,4-7,13-15,17-19H2,1-3H3,(H,38,41,44)/b29-16+. The van der Waals surface area contributed by atoms with Crippen LogP contribution in [0.5, 0.6) is 0 Å². The lowest BCUT2D eigenvalue weighted by Gasteiger charge is -2.57. The van der Waals surface area contributed by atoms with Gasteiger partial charge in [-0.3, -0.25) is 14.9 Å². The third kappa shape index (κ3) is 4.53. The molecule has 2 aromatic heterocycles. The number of urea groups is 1. The number of aryl methyl sites for hydroxylation is 2. The number of barbiturate groups is 1. The Kier molecular flexibility index (Phi) is 6.90. The highest BCUT2D eigenvalue weighted by Gasteiger charge is 2.51. The second-order valence-electron chi connectivity index (χ2n) is 14.2. The SMILES string of the molecule is COC(=O)c1c(-n2c(C)cc(/C=C3\C(=O)NC(=O)N(c4ccc(C56CC7CC(CC(C7)C5)C6)cc4)C3=O)c2C)sc2c1CCCC2. The summed E-state index contributed by atoms with van der Waals surface area (Å²) in [6.07, 6.45) is 13.3. The second-order valence-corrected chi connectivity index (χ2v) is 15.3. The highest BCUT2D eigenvalue weighted by molar-refractivity contribution is 7.15. The Bertz CT molecular complexity index is 1810. The van der Waals surface area contributed by atoms with E-state index in [0.717, 1.165) is 70.3 Å². The van der Waals surface area contributed by atoms with Crippen molar-refractivity contribution in [2.24, 2.45) is 17.8 Å². The third-order valence-electron chi connectivity index (χ3n) is 11.4. The molecule has 4 bridgehead atoms. The Morgan fingerprint density at radius 1 is 0.978 bits per heavy atom. The molecule has 5 fully saturated rings. The van der Waals surface area contributed by atoms with E-state index in [1.165, 1.54) is 56.1 Å². The fourth-order valence-corrected chi connectivity index (χ4v) is 11.2. The van der Waals surface area contributed by atoms with E-state index < -0.39 is 17.8 Å². The first kappa shape index (κ1) is 29.4. The van der Waals surface area contributed by atoms with E-state index in [4.69, 9.17) is 4.74 Å². The summed E-state index contributed by atoms with van der Waals surface area (Å²) in [5.74, 6) is 0.730. The van der Waals surface area contributed by atoms with Crippen molar-refractivity contribution in [1.29, 1.82) is 0 Å². The van der Waals surface area contributed by atoms with Crippen molar-refractivity contribution in [3.63, 3.8) is 0 Å². The molecule has 1 saturated heterocycles. The molecule has 238 valence electrons. The second kappa shape index (κ2) is 10.8. The molecule has 4 amide bonds. The number of benzene rings is 1. The Balaban J connectivity index is 1.11. The van der Waals surface area contributed by atoms with E-state index in [-0.39, 0.29) is 17.0 Å². The number of anilines is 1. The van der Waals surface area contributed by atoms with E-state index in [9.17, 15) is 19.2 Å². The van der Waals surface area contributed by atoms with Crippen LogP contribution in [0.4, 0.5) is 10.5 Å². The lowest BCUT2D eigenvalue weighted by molar-refractivity contribution is -0.122. The molecule has 3 aromatic rings. The summed E-state index contributed by atoms with van der Waals surface area (Å²) in [6, 6.07) is 9.07. The number of aromatic nitrogens is 1. The van der Waals surface area contributed by atoms with Crippen LogP contribution in [-0.4, -0.2) is 35.5 Å². The van der Waals surface area contributed by atoms with Gasteiger partial charge in [-0.25, -0.2) is 14.5 Å². The largest absolute Gasteiger partial charge is 0.465 e. The zero-order chi connectivity index (χ0) is 31.9. The van der Waals surface area contributed by atoms with Crippen molar-refractivity contribution in [2.75, 3.05) is 12.0 Å². The predicted octanol–water partition coefficient (Wildman–Crippen LogP) is 6.96. The first-order valence-electron chi connectivity index (χ1n) is 16.6. The molecular weight excluding hydrogens is 598 g/mol. The average Bonchev–Trinajstić information content (AvgIpc) is 3.53. The number of carbonyl (C=O) groups excluding carboxylic acids is 4. The summed E-state index contributed by atoms with van der Waals surface area (Å²) in [7, 11) is 1.40. The summed E-state index contributed by atoms with van der Waals surface area (Å²) < 4.78 is 7.21. The summed E-state index contributed by atoms with van der Waals surface area (Å²) in [4.78, 5) is 55.2. The monoisotopic (exact) mass is 637 g/mol. The van der Waals surface area contributed by atoms with Crippen LogP contribution in [0.3, 0.4) is 0 Å². The van der Waals surface area contributed by atoms with Crippen LogP contribution < -0.4 is 10.2 Å². The van der Waals surface area contributed by atoms with Crippen molar-refractivity contribution in [2.45, 2.75) is 83.5 Å². The first-order chi connectivity index (χ1) is 22.2. The summed E-state index contributed by atoms with van der Waals surface area (Å²) in [5, 5.41) is 3.18. The molecule has 0 atom stereocenters. The number of fused-ring (bicyclic) bond motifs is 1. The molecule has 9 heteroatoms. The fourth-order valence-electron chi connectivity index (χ4n) is 9.74. The van der Waals surface area contributed by atoms with Gasteiger partial charge in [-0.1, -0.05) is 12.1 Å². The highest BCUT2D eigenvalue weighted by atomic mass is 32.1.